The number of halogens is 1. The predicted octanol–water partition coefficient (Wildman–Crippen LogP) is 2.60. The highest BCUT2D eigenvalue weighted by molar-refractivity contribution is 7.89. The zero-order valence-corrected chi connectivity index (χ0v) is 16.3. The van der Waals surface area contributed by atoms with Crippen molar-refractivity contribution in [3.05, 3.63) is 59.1 Å². The van der Waals surface area contributed by atoms with Gasteiger partial charge in [0.05, 0.1) is 9.79 Å². The second kappa shape index (κ2) is 7.66. The summed E-state index contributed by atoms with van der Waals surface area (Å²) in [5, 5.41) is 0.457. The van der Waals surface area contributed by atoms with Gasteiger partial charge in [-0.2, -0.15) is 4.31 Å². The van der Waals surface area contributed by atoms with Crippen LogP contribution in [-0.2, 0) is 26.6 Å². The molecule has 2 aromatic rings. The maximum absolute atomic E-state index is 12.5. The van der Waals surface area contributed by atoms with Gasteiger partial charge >= 0.3 is 0 Å². The molecule has 1 aliphatic heterocycles. The average Bonchev–Trinajstić information content (AvgIpc) is 3.16. The molecule has 1 heterocycles. The number of rotatable bonds is 6. The predicted molar refractivity (Wildman–Crippen MR) is 99.9 cm³/mol. The molecule has 1 aliphatic rings. The van der Waals surface area contributed by atoms with Crippen LogP contribution in [0.5, 0.6) is 0 Å². The molecule has 0 unspecified atom stereocenters. The molecule has 6 nitrogen and oxygen atoms in total. The van der Waals surface area contributed by atoms with Gasteiger partial charge in [0, 0.05) is 24.7 Å². The van der Waals surface area contributed by atoms with Crippen LogP contribution in [0.25, 0.3) is 0 Å². The minimum absolute atomic E-state index is 0.0645. The van der Waals surface area contributed by atoms with E-state index in [1.807, 2.05) is 0 Å². The third-order valence-electron chi connectivity index (χ3n) is 4.22. The summed E-state index contributed by atoms with van der Waals surface area (Å²) < 4.78 is 53.4. The summed E-state index contributed by atoms with van der Waals surface area (Å²) in [7, 11) is -7.13. The average molecular weight is 415 g/mol. The molecule has 1 saturated heterocycles. The van der Waals surface area contributed by atoms with Gasteiger partial charge < -0.3 is 0 Å². The first-order valence-electron chi connectivity index (χ1n) is 8.13. The number of nitrogens with one attached hydrogen (secondary N) is 1. The lowest BCUT2D eigenvalue weighted by Crippen LogP contribution is -2.28. The summed E-state index contributed by atoms with van der Waals surface area (Å²) >= 11 is 5.77. The Morgan fingerprint density at radius 2 is 1.38 bits per heavy atom. The topological polar surface area (TPSA) is 83.5 Å². The Morgan fingerprint density at radius 3 is 1.96 bits per heavy atom. The molecule has 2 aromatic carbocycles. The smallest absolute Gasteiger partial charge is 0.207 e. The van der Waals surface area contributed by atoms with E-state index in [2.05, 4.69) is 4.72 Å². The molecule has 0 atom stereocenters. The van der Waals surface area contributed by atoms with E-state index in [1.165, 1.54) is 40.7 Å². The fraction of sp³-hybridized carbons (Fsp3) is 0.294. The fourth-order valence-corrected chi connectivity index (χ4v) is 5.39. The van der Waals surface area contributed by atoms with E-state index < -0.39 is 20.0 Å². The van der Waals surface area contributed by atoms with Crippen molar-refractivity contribution in [2.45, 2.75) is 29.2 Å². The van der Waals surface area contributed by atoms with Gasteiger partial charge in [-0.05, 0) is 54.8 Å². The Morgan fingerprint density at radius 1 is 0.846 bits per heavy atom. The van der Waals surface area contributed by atoms with Crippen LogP contribution < -0.4 is 4.72 Å². The third-order valence-corrected chi connectivity index (χ3v) is 7.80. The van der Waals surface area contributed by atoms with E-state index in [4.69, 9.17) is 11.6 Å². The van der Waals surface area contributed by atoms with E-state index in [0.717, 1.165) is 12.8 Å². The molecule has 0 aromatic heterocycles. The second-order valence-electron chi connectivity index (χ2n) is 6.03. The van der Waals surface area contributed by atoms with Gasteiger partial charge in [-0.3, -0.25) is 0 Å². The van der Waals surface area contributed by atoms with Gasteiger partial charge in [-0.1, -0.05) is 23.7 Å². The van der Waals surface area contributed by atoms with Gasteiger partial charge in [-0.25, -0.2) is 21.6 Å². The summed E-state index contributed by atoms with van der Waals surface area (Å²) in [6.45, 7) is 1.16. The van der Waals surface area contributed by atoms with Crippen molar-refractivity contribution < 1.29 is 16.8 Å². The van der Waals surface area contributed by atoms with Crippen molar-refractivity contribution in [1.29, 1.82) is 0 Å². The molecule has 1 fully saturated rings. The quantitative estimate of drug-likeness (QED) is 0.787. The Hall–Kier alpha value is -1.45. The molecule has 3 rings (SSSR count). The van der Waals surface area contributed by atoms with Crippen LogP contribution in [0, 0.1) is 0 Å². The molecule has 0 amide bonds. The van der Waals surface area contributed by atoms with Crippen molar-refractivity contribution >= 4 is 31.6 Å². The lowest BCUT2D eigenvalue weighted by molar-refractivity contribution is 0.477. The van der Waals surface area contributed by atoms with Crippen molar-refractivity contribution in [3.63, 3.8) is 0 Å². The van der Waals surface area contributed by atoms with Crippen LogP contribution >= 0.6 is 11.6 Å². The SMILES string of the molecule is O=S(=O)(NCc1ccc(S(=O)(=O)N2CCCC2)cc1)c1ccc(Cl)cc1. The summed E-state index contributed by atoms with van der Waals surface area (Å²) in [5.41, 5.74) is 0.669. The van der Waals surface area contributed by atoms with Crippen LogP contribution in [0.15, 0.2) is 58.3 Å². The summed E-state index contributed by atoms with van der Waals surface area (Å²) in [6, 6.07) is 12.1. The van der Waals surface area contributed by atoms with Gasteiger partial charge in [0.15, 0.2) is 0 Å². The Kier molecular flexibility index (Phi) is 5.69. The van der Waals surface area contributed by atoms with E-state index in [-0.39, 0.29) is 16.3 Å². The first-order valence-corrected chi connectivity index (χ1v) is 11.4. The minimum Gasteiger partial charge on any atom is -0.207 e. The standard InChI is InChI=1S/C17H19ClN2O4S2/c18-15-5-9-16(10-6-15)25(21,22)19-13-14-3-7-17(8-4-14)26(23,24)20-11-1-2-12-20/h3-10,19H,1-2,11-13H2. The van der Waals surface area contributed by atoms with E-state index in [9.17, 15) is 16.8 Å². The van der Waals surface area contributed by atoms with Crippen molar-refractivity contribution in [2.75, 3.05) is 13.1 Å². The molecule has 140 valence electrons. The number of benzene rings is 2. The molecule has 0 radical (unpaired) electrons. The highest BCUT2D eigenvalue weighted by Crippen LogP contribution is 2.21. The fourth-order valence-electron chi connectivity index (χ4n) is 2.73. The summed E-state index contributed by atoms with van der Waals surface area (Å²) in [5.74, 6) is 0. The van der Waals surface area contributed by atoms with Crippen LogP contribution in [0.2, 0.25) is 5.02 Å². The zero-order chi connectivity index (χ0) is 18.8. The Labute approximate surface area is 158 Å². The number of sulfonamides is 2. The molecule has 0 bridgehead atoms. The molecular formula is C17H19ClN2O4S2. The van der Waals surface area contributed by atoms with Crippen LogP contribution in [0.4, 0.5) is 0 Å². The van der Waals surface area contributed by atoms with Gasteiger partial charge in [-0.15, -0.1) is 0 Å². The maximum atomic E-state index is 12.5. The largest absolute Gasteiger partial charge is 0.243 e. The summed E-state index contributed by atoms with van der Waals surface area (Å²) in [6.07, 6.45) is 1.76. The molecular weight excluding hydrogens is 396 g/mol. The highest BCUT2D eigenvalue weighted by Gasteiger charge is 2.26. The van der Waals surface area contributed by atoms with Crippen molar-refractivity contribution in [2.24, 2.45) is 0 Å². The Bertz CT molecular complexity index is 966. The molecule has 9 heteroatoms. The molecule has 0 spiro atoms. The van der Waals surface area contributed by atoms with Gasteiger partial charge in [0.1, 0.15) is 0 Å². The van der Waals surface area contributed by atoms with E-state index in [1.54, 1.807) is 12.1 Å². The first kappa shape index (κ1) is 19.3. The monoisotopic (exact) mass is 414 g/mol. The lowest BCUT2D eigenvalue weighted by Gasteiger charge is -2.15. The number of hydrogen-bond acceptors (Lipinski definition) is 4. The third kappa shape index (κ3) is 4.27. The minimum atomic E-state index is -3.66. The maximum Gasteiger partial charge on any atom is 0.243 e. The number of hydrogen-bond donors (Lipinski definition) is 1. The molecule has 0 saturated carbocycles. The van der Waals surface area contributed by atoms with Crippen LogP contribution in [-0.4, -0.2) is 34.2 Å². The summed E-state index contributed by atoms with van der Waals surface area (Å²) in [4.78, 5) is 0.346. The molecule has 0 aliphatic carbocycles. The normalized spacial score (nSPS) is 16.0. The van der Waals surface area contributed by atoms with E-state index in [0.29, 0.717) is 23.7 Å². The molecule has 26 heavy (non-hydrogen) atoms. The zero-order valence-electron chi connectivity index (χ0n) is 13.9. The van der Waals surface area contributed by atoms with Crippen molar-refractivity contribution in [3.8, 4) is 0 Å². The second-order valence-corrected chi connectivity index (χ2v) is 10.2. The van der Waals surface area contributed by atoms with E-state index >= 15 is 0 Å². The first-order chi connectivity index (χ1) is 12.3. The van der Waals surface area contributed by atoms with Gasteiger partial charge in [0.25, 0.3) is 0 Å². The lowest BCUT2D eigenvalue weighted by atomic mass is 10.2. The number of nitrogens with zero attached hydrogens (tertiary/aromatic N) is 1. The Balaban J connectivity index is 1.69. The van der Waals surface area contributed by atoms with Gasteiger partial charge in [0.2, 0.25) is 20.0 Å². The molecule has 1 N–H and O–H groups in total. The van der Waals surface area contributed by atoms with Crippen LogP contribution in [0.1, 0.15) is 18.4 Å². The highest BCUT2D eigenvalue weighted by atomic mass is 35.5. The van der Waals surface area contributed by atoms with Crippen molar-refractivity contribution in [1.82, 2.24) is 9.03 Å². The van der Waals surface area contributed by atoms with Crippen LogP contribution in [0.3, 0.4) is 0 Å².